The largest absolute Gasteiger partial charge is 0.351 e. The van der Waals surface area contributed by atoms with E-state index in [1.54, 1.807) is 0 Å². The second kappa shape index (κ2) is 9.55. The summed E-state index contributed by atoms with van der Waals surface area (Å²) in [6.45, 7) is 11.3. The van der Waals surface area contributed by atoms with Gasteiger partial charge in [-0.1, -0.05) is 24.3 Å². The molecule has 0 rings (SSSR count). The van der Waals surface area contributed by atoms with Gasteiger partial charge < -0.3 is 4.74 Å². The SMILES string of the molecule is C=CC[Si](CC=C)(CC=C)CCCOCF. The monoisotopic (exact) mass is 242 g/mol. The Morgan fingerprint density at radius 3 is 1.88 bits per heavy atom. The molecule has 1 nitrogen and oxygen atoms in total. The van der Waals surface area contributed by atoms with Crippen LogP contribution in [0.5, 0.6) is 0 Å². The summed E-state index contributed by atoms with van der Waals surface area (Å²) in [7, 11) is -1.40. The van der Waals surface area contributed by atoms with Crippen LogP contribution in [0.25, 0.3) is 0 Å². The highest BCUT2D eigenvalue weighted by atomic mass is 28.3. The number of hydrogen-bond acceptors (Lipinski definition) is 1. The lowest BCUT2D eigenvalue weighted by atomic mass is 10.5. The number of ether oxygens (including phenoxy) is 1. The van der Waals surface area contributed by atoms with Gasteiger partial charge in [0.05, 0.1) is 8.07 Å². The Hall–Kier alpha value is -0.673. The Kier molecular flexibility index (Phi) is 9.14. The summed E-state index contributed by atoms with van der Waals surface area (Å²) in [4.78, 5) is 0. The van der Waals surface area contributed by atoms with Crippen molar-refractivity contribution in [2.24, 2.45) is 0 Å². The molecule has 0 N–H and O–H groups in total. The molecule has 0 heterocycles. The zero-order valence-corrected chi connectivity index (χ0v) is 11.1. The molecule has 0 saturated heterocycles. The molecule has 0 aromatic rings. The van der Waals surface area contributed by atoms with Gasteiger partial charge in [0.15, 0.2) is 6.86 Å². The predicted octanol–water partition coefficient (Wildman–Crippen LogP) is 4.33. The molecule has 3 heteroatoms. The Morgan fingerprint density at radius 1 is 1.00 bits per heavy atom. The maximum absolute atomic E-state index is 11.8. The number of hydrogen-bond donors (Lipinski definition) is 0. The standard InChI is InChI=1S/C13H23FOSi/c1-4-9-16(10-5-2,11-6-3)12-7-8-15-13-14/h4-6H,1-3,7-13H2. The molecule has 0 aliphatic rings. The Labute approximate surface area is 99.7 Å². The van der Waals surface area contributed by atoms with Crippen LogP contribution in [0.4, 0.5) is 4.39 Å². The van der Waals surface area contributed by atoms with Gasteiger partial charge in [-0.2, -0.15) is 0 Å². The van der Waals surface area contributed by atoms with Crippen LogP contribution in [0.15, 0.2) is 38.0 Å². The van der Waals surface area contributed by atoms with Crippen molar-refractivity contribution in [1.82, 2.24) is 0 Å². The fourth-order valence-corrected chi connectivity index (χ4v) is 5.92. The van der Waals surface area contributed by atoms with Crippen molar-refractivity contribution < 1.29 is 9.13 Å². The molecular weight excluding hydrogens is 219 g/mol. The predicted molar refractivity (Wildman–Crippen MR) is 72.1 cm³/mol. The lowest BCUT2D eigenvalue weighted by Crippen LogP contribution is -2.32. The first-order valence-corrected chi connectivity index (χ1v) is 8.54. The van der Waals surface area contributed by atoms with E-state index in [0.717, 1.165) is 30.6 Å². The molecule has 0 unspecified atom stereocenters. The minimum absolute atomic E-state index is 0.511. The smallest absolute Gasteiger partial charge is 0.188 e. The minimum atomic E-state index is -1.40. The average molecular weight is 242 g/mol. The fraction of sp³-hybridized carbons (Fsp3) is 0.538. The van der Waals surface area contributed by atoms with Crippen molar-refractivity contribution in [3.05, 3.63) is 38.0 Å². The summed E-state index contributed by atoms with van der Waals surface area (Å²) < 4.78 is 16.5. The van der Waals surface area contributed by atoms with Gasteiger partial charge in [-0.25, -0.2) is 4.39 Å². The van der Waals surface area contributed by atoms with Crippen molar-refractivity contribution in [3.8, 4) is 0 Å². The van der Waals surface area contributed by atoms with Crippen molar-refractivity contribution >= 4 is 8.07 Å². The first-order chi connectivity index (χ1) is 7.74. The van der Waals surface area contributed by atoms with Gasteiger partial charge >= 0.3 is 0 Å². The molecule has 0 spiro atoms. The maximum Gasteiger partial charge on any atom is 0.188 e. The molecule has 0 atom stereocenters. The minimum Gasteiger partial charge on any atom is -0.351 e. The Balaban J connectivity index is 4.28. The van der Waals surface area contributed by atoms with Gasteiger partial charge in [-0.15, -0.1) is 19.7 Å². The molecule has 0 fully saturated rings. The van der Waals surface area contributed by atoms with E-state index in [1.165, 1.54) is 0 Å². The highest BCUT2D eigenvalue weighted by Gasteiger charge is 2.27. The fourth-order valence-electron chi connectivity index (χ4n) is 2.08. The van der Waals surface area contributed by atoms with Crippen molar-refractivity contribution in [2.45, 2.75) is 30.6 Å². The van der Waals surface area contributed by atoms with E-state index in [0.29, 0.717) is 6.61 Å². The molecule has 0 saturated carbocycles. The molecule has 0 aromatic carbocycles. The number of allylic oxidation sites excluding steroid dienone is 3. The summed E-state index contributed by atoms with van der Waals surface area (Å²) in [5.41, 5.74) is 0. The normalized spacial score (nSPS) is 11.1. The summed E-state index contributed by atoms with van der Waals surface area (Å²) in [6, 6.07) is 4.33. The van der Waals surface area contributed by atoms with Crippen LogP contribution in [0.1, 0.15) is 6.42 Å². The van der Waals surface area contributed by atoms with Gasteiger partial charge in [-0.05, 0) is 24.6 Å². The van der Waals surface area contributed by atoms with Crippen LogP contribution in [0.3, 0.4) is 0 Å². The number of halogens is 1. The molecule has 92 valence electrons. The molecular formula is C13H23FOSi. The molecule has 0 bridgehead atoms. The van der Waals surface area contributed by atoms with Crippen molar-refractivity contribution in [3.63, 3.8) is 0 Å². The number of alkyl halides is 1. The molecule has 0 aromatic heterocycles. The van der Waals surface area contributed by atoms with E-state index in [2.05, 4.69) is 19.7 Å². The molecule has 16 heavy (non-hydrogen) atoms. The average Bonchev–Trinajstić information content (AvgIpc) is 2.26. The van der Waals surface area contributed by atoms with Gasteiger partial charge in [-0.3, -0.25) is 0 Å². The molecule has 0 aliphatic carbocycles. The summed E-state index contributed by atoms with van der Waals surface area (Å²) in [5, 5.41) is 0. The van der Waals surface area contributed by atoms with E-state index in [1.807, 2.05) is 18.2 Å². The van der Waals surface area contributed by atoms with Crippen molar-refractivity contribution in [1.29, 1.82) is 0 Å². The summed E-state index contributed by atoms with van der Waals surface area (Å²) in [5.74, 6) is 0. The van der Waals surface area contributed by atoms with E-state index in [-0.39, 0.29) is 0 Å². The highest BCUT2D eigenvalue weighted by molar-refractivity contribution is 6.81. The molecule has 0 radical (unpaired) electrons. The van der Waals surface area contributed by atoms with E-state index in [9.17, 15) is 4.39 Å². The van der Waals surface area contributed by atoms with Crippen LogP contribution < -0.4 is 0 Å². The van der Waals surface area contributed by atoms with Crippen molar-refractivity contribution in [2.75, 3.05) is 13.5 Å². The van der Waals surface area contributed by atoms with Crippen LogP contribution in [0.2, 0.25) is 24.2 Å². The summed E-state index contributed by atoms with van der Waals surface area (Å²) >= 11 is 0. The second-order valence-electron chi connectivity index (χ2n) is 4.10. The quantitative estimate of drug-likeness (QED) is 0.298. The van der Waals surface area contributed by atoms with Crippen LogP contribution >= 0.6 is 0 Å². The Morgan fingerprint density at radius 2 is 1.50 bits per heavy atom. The van der Waals surface area contributed by atoms with E-state index >= 15 is 0 Å². The summed E-state index contributed by atoms with van der Waals surface area (Å²) in [6.07, 6.45) is 6.91. The first-order valence-electron chi connectivity index (χ1n) is 5.71. The van der Waals surface area contributed by atoms with Crippen LogP contribution in [-0.4, -0.2) is 21.5 Å². The van der Waals surface area contributed by atoms with Gasteiger partial charge in [0.25, 0.3) is 0 Å². The third kappa shape index (κ3) is 6.03. The van der Waals surface area contributed by atoms with Gasteiger partial charge in [0.1, 0.15) is 0 Å². The first kappa shape index (κ1) is 15.3. The van der Waals surface area contributed by atoms with Crippen LogP contribution in [0, 0.1) is 0 Å². The Bertz CT molecular complexity index is 189. The van der Waals surface area contributed by atoms with Gasteiger partial charge in [0.2, 0.25) is 0 Å². The lowest BCUT2D eigenvalue weighted by molar-refractivity contribution is 0.0583. The maximum atomic E-state index is 11.8. The van der Waals surface area contributed by atoms with E-state index < -0.39 is 14.9 Å². The third-order valence-corrected chi connectivity index (χ3v) is 7.68. The molecule has 0 aliphatic heterocycles. The topological polar surface area (TPSA) is 9.23 Å². The van der Waals surface area contributed by atoms with Crippen LogP contribution in [-0.2, 0) is 4.74 Å². The third-order valence-electron chi connectivity index (χ3n) is 2.80. The zero-order chi connectivity index (χ0) is 12.3. The zero-order valence-electron chi connectivity index (χ0n) is 10.1. The molecule has 0 amide bonds. The van der Waals surface area contributed by atoms with Gasteiger partial charge in [0, 0.05) is 6.61 Å². The van der Waals surface area contributed by atoms with E-state index in [4.69, 9.17) is 4.74 Å². The number of rotatable bonds is 11. The lowest BCUT2D eigenvalue weighted by Gasteiger charge is -2.28. The highest BCUT2D eigenvalue weighted by Crippen LogP contribution is 2.28. The second-order valence-corrected chi connectivity index (χ2v) is 8.82.